The SMILES string of the molecule is CC(OC(=O)Nc1conc1-c1ccc(CCSCC(=O)O)cc1)C1=C(Cl)CCCC1. The summed E-state index contributed by atoms with van der Waals surface area (Å²) in [6.07, 6.45) is 4.93. The summed E-state index contributed by atoms with van der Waals surface area (Å²) in [6, 6.07) is 7.68. The molecule has 0 radical (unpaired) electrons. The van der Waals surface area contributed by atoms with E-state index in [4.69, 9.17) is 26.0 Å². The number of carboxylic acid groups (broad SMARTS) is 1. The third-order valence-corrected chi connectivity index (χ3v) is 6.39. The lowest BCUT2D eigenvalue weighted by atomic mass is 9.96. The first-order valence-electron chi connectivity index (χ1n) is 10.1. The van der Waals surface area contributed by atoms with Crippen LogP contribution < -0.4 is 5.32 Å². The fourth-order valence-corrected chi connectivity index (χ4v) is 4.48. The molecule has 3 rings (SSSR count). The number of aromatic nitrogens is 1. The van der Waals surface area contributed by atoms with Crippen LogP contribution in [-0.4, -0.2) is 39.9 Å². The zero-order valence-electron chi connectivity index (χ0n) is 17.2. The average molecular weight is 465 g/mol. The number of anilines is 1. The van der Waals surface area contributed by atoms with Gasteiger partial charge in [-0.05, 0) is 55.9 Å². The number of nitrogens with one attached hydrogen (secondary N) is 1. The minimum atomic E-state index is -0.808. The maximum absolute atomic E-state index is 12.4. The van der Waals surface area contributed by atoms with Gasteiger partial charge in [0.05, 0.1) is 5.75 Å². The minimum Gasteiger partial charge on any atom is -0.481 e. The monoisotopic (exact) mass is 464 g/mol. The van der Waals surface area contributed by atoms with E-state index in [0.717, 1.165) is 59.6 Å². The van der Waals surface area contributed by atoms with E-state index in [1.54, 1.807) is 0 Å². The number of rotatable bonds is 9. The van der Waals surface area contributed by atoms with Crippen molar-refractivity contribution in [1.82, 2.24) is 5.16 Å². The molecule has 1 atom stereocenters. The van der Waals surface area contributed by atoms with E-state index in [9.17, 15) is 9.59 Å². The molecule has 1 amide bonds. The summed E-state index contributed by atoms with van der Waals surface area (Å²) in [5.74, 6) is 0.0230. The number of thioether (sulfide) groups is 1. The molecular formula is C22H25ClN2O5S. The van der Waals surface area contributed by atoms with E-state index in [2.05, 4.69) is 10.5 Å². The molecule has 0 fully saturated rings. The van der Waals surface area contributed by atoms with Crippen molar-refractivity contribution in [1.29, 1.82) is 0 Å². The molecule has 0 saturated heterocycles. The lowest BCUT2D eigenvalue weighted by molar-refractivity contribution is -0.133. The number of hydrogen-bond donors (Lipinski definition) is 2. The number of aryl methyl sites for hydroxylation is 1. The Hall–Kier alpha value is -2.45. The molecule has 9 heteroatoms. The van der Waals surface area contributed by atoms with Gasteiger partial charge in [-0.3, -0.25) is 10.1 Å². The Morgan fingerprint density at radius 1 is 1.29 bits per heavy atom. The fraction of sp³-hybridized carbons (Fsp3) is 0.409. The van der Waals surface area contributed by atoms with E-state index in [1.807, 2.05) is 31.2 Å². The summed E-state index contributed by atoms with van der Waals surface area (Å²) in [4.78, 5) is 23.0. The van der Waals surface area contributed by atoms with Gasteiger partial charge in [0, 0.05) is 10.6 Å². The molecule has 1 aliphatic carbocycles. The molecule has 0 saturated carbocycles. The van der Waals surface area contributed by atoms with Crippen molar-refractivity contribution < 1.29 is 24.0 Å². The van der Waals surface area contributed by atoms with Gasteiger partial charge in [-0.1, -0.05) is 41.0 Å². The zero-order chi connectivity index (χ0) is 22.2. The summed E-state index contributed by atoms with van der Waals surface area (Å²) >= 11 is 7.67. The van der Waals surface area contributed by atoms with Crippen LogP contribution >= 0.6 is 23.4 Å². The Balaban J connectivity index is 1.57. The lowest BCUT2D eigenvalue weighted by Crippen LogP contribution is -2.23. The first-order chi connectivity index (χ1) is 14.9. The van der Waals surface area contributed by atoms with Gasteiger partial charge in [0.25, 0.3) is 0 Å². The number of nitrogens with zero attached hydrogens (tertiary/aromatic N) is 1. The summed E-state index contributed by atoms with van der Waals surface area (Å²) in [5.41, 5.74) is 3.78. The van der Waals surface area contributed by atoms with Crippen LogP contribution in [0.2, 0.25) is 0 Å². The van der Waals surface area contributed by atoms with Gasteiger partial charge in [0.15, 0.2) is 0 Å². The van der Waals surface area contributed by atoms with Crippen LogP contribution in [0.25, 0.3) is 11.3 Å². The highest BCUT2D eigenvalue weighted by Gasteiger charge is 2.21. The Labute approximate surface area is 190 Å². The Morgan fingerprint density at radius 3 is 2.74 bits per heavy atom. The molecule has 2 N–H and O–H groups in total. The molecule has 0 aliphatic heterocycles. The predicted octanol–water partition coefficient (Wildman–Crippen LogP) is 5.71. The first-order valence-corrected chi connectivity index (χ1v) is 11.7. The van der Waals surface area contributed by atoms with E-state index in [0.29, 0.717) is 11.4 Å². The lowest BCUT2D eigenvalue weighted by Gasteiger charge is -2.22. The number of carboxylic acids is 1. The second-order valence-electron chi connectivity index (χ2n) is 7.28. The highest BCUT2D eigenvalue weighted by atomic mass is 35.5. The average Bonchev–Trinajstić information content (AvgIpc) is 3.19. The second kappa shape index (κ2) is 11.2. The van der Waals surface area contributed by atoms with E-state index >= 15 is 0 Å². The number of allylic oxidation sites excluding steroid dienone is 1. The smallest absolute Gasteiger partial charge is 0.412 e. The van der Waals surface area contributed by atoms with Crippen LogP contribution in [-0.2, 0) is 16.0 Å². The maximum Gasteiger partial charge on any atom is 0.412 e. The molecule has 31 heavy (non-hydrogen) atoms. The van der Waals surface area contributed by atoms with E-state index in [-0.39, 0.29) is 5.75 Å². The largest absolute Gasteiger partial charge is 0.481 e. The van der Waals surface area contributed by atoms with E-state index < -0.39 is 18.2 Å². The number of hydrogen-bond acceptors (Lipinski definition) is 6. The van der Waals surface area contributed by atoms with Crippen LogP contribution in [0.5, 0.6) is 0 Å². The summed E-state index contributed by atoms with van der Waals surface area (Å²) in [6.45, 7) is 1.82. The molecule has 1 aromatic heterocycles. The number of aliphatic carboxylic acids is 1. The van der Waals surface area contributed by atoms with Crippen molar-refractivity contribution in [2.75, 3.05) is 16.8 Å². The number of amides is 1. The number of ether oxygens (including phenoxy) is 1. The van der Waals surface area contributed by atoms with Gasteiger partial charge in [0.2, 0.25) is 0 Å². The molecule has 0 bridgehead atoms. The van der Waals surface area contributed by atoms with Crippen molar-refractivity contribution >= 4 is 41.1 Å². The highest BCUT2D eigenvalue weighted by molar-refractivity contribution is 7.99. The topological polar surface area (TPSA) is 102 Å². The van der Waals surface area contributed by atoms with Crippen molar-refractivity contribution in [3.63, 3.8) is 0 Å². The van der Waals surface area contributed by atoms with Crippen molar-refractivity contribution in [2.45, 2.75) is 45.1 Å². The predicted molar refractivity (Wildman–Crippen MR) is 122 cm³/mol. The van der Waals surface area contributed by atoms with Crippen LogP contribution in [0.15, 0.2) is 45.7 Å². The van der Waals surface area contributed by atoms with Crippen LogP contribution in [0.1, 0.15) is 38.2 Å². The molecule has 0 spiro atoms. The number of benzene rings is 1. The first kappa shape index (κ1) is 23.2. The van der Waals surface area contributed by atoms with Gasteiger partial charge in [0.1, 0.15) is 23.7 Å². The van der Waals surface area contributed by atoms with Crippen molar-refractivity contribution in [3.8, 4) is 11.3 Å². The van der Waals surface area contributed by atoms with Crippen LogP contribution in [0.3, 0.4) is 0 Å². The highest BCUT2D eigenvalue weighted by Crippen LogP contribution is 2.31. The molecule has 1 aliphatic rings. The maximum atomic E-state index is 12.4. The van der Waals surface area contributed by atoms with Crippen LogP contribution in [0.4, 0.5) is 10.5 Å². The fourth-order valence-electron chi connectivity index (χ4n) is 3.40. The Bertz CT molecular complexity index is 942. The molecule has 7 nitrogen and oxygen atoms in total. The molecule has 2 aromatic rings. The molecule has 1 unspecified atom stereocenters. The molecule has 1 aromatic carbocycles. The summed E-state index contributed by atoms with van der Waals surface area (Å²) < 4.78 is 10.6. The third kappa shape index (κ3) is 6.77. The van der Waals surface area contributed by atoms with Gasteiger partial charge in [-0.15, -0.1) is 11.8 Å². The molecule has 1 heterocycles. The van der Waals surface area contributed by atoms with Gasteiger partial charge >= 0.3 is 12.1 Å². The number of halogens is 1. The molecular weight excluding hydrogens is 440 g/mol. The second-order valence-corrected chi connectivity index (χ2v) is 8.84. The summed E-state index contributed by atoms with van der Waals surface area (Å²) in [5, 5.41) is 16.2. The normalized spacial score (nSPS) is 14.9. The van der Waals surface area contributed by atoms with Crippen molar-refractivity contribution in [2.24, 2.45) is 0 Å². The van der Waals surface area contributed by atoms with Gasteiger partial charge in [-0.25, -0.2) is 4.79 Å². The standard InChI is InChI=1S/C22H25ClN2O5S/c1-14(17-4-2-3-5-18(17)23)30-22(28)24-19-12-29-25-21(19)16-8-6-15(7-9-16)10-11-31-13-20(26)27/h6-9,12,14H,2-5,10-11,13H2,1H3,(H,24,28)(H,26,27). The Morgan fingerprint density at radius 2 is 2.03 bits per heavy atom. The third-order valence-electron chi connectivity index (χ3n) is 5.01. The van der Waals surface area contributed by atoms with E-state index in [1.165, 1.54) is 18.0 Å². The van der Waals surface area contributed by atoms with Gasteiger partial charge in [-0.2, -0.15) is 0 Å². The minimum absolute atomic E-state index is 0.101. The Kier molecular flexibility index (Phi) is 8.43. The zero-order valence-corrected chi connectivity index (χ0v) is 18.8. The summed E-state index contributed by atoms with van der Waals surface area (Å²) in [7, 11) is 0. The quantitative estimate of drug-likeness (QED) is 0.458. The van der Waals surface area contributed by atoms with Gasteiger partial charge < -0.3 is 14.4 Å². The molecule has 166 valence electrons. The number of carbonyl (C=O) groups excluding carboxylic acids is 1. The number of carbonyl (C=O) groups is 2. The van der Waals surface area contributed by atoms with Crippen molar-refractivity contribution in [3.05, 3.63) is 46.7 Å². The van der Waals surface area contributed by atoms with Crippen LogP contribution in [0, 0.1) is 0 Å².